The Kier molecular flexibility index (Phi) is 6.15. The molecule has 1 heterocycles. The molecule has 1 aliphatic rings. The van der Waals surface area contributed by atoms with Crippen LogP contribution in [0, 0.1) is 5.92 Å². The summed E-state index contributed by atoms with van der Waals surface area (Å²) < 4.78 is 4.99. The monoisotopic (exact) mass is 302 g/mol. The van der Waals surface area contributed by atoms with Crippen LogP contribution >= 0.6 is 0 Å². The fraction of sp³-hybridized carbons (Fsp3) is 0.412. The molecule has 1 aliphatic heterocycles. The molecule has 0 spiro atoms. The molecule has 1 saturated heterocycles. The number of nitrogens with one attached hydrogen (secondary N) is 1. The van der Waals surface area contributed by atoms with Crippen molar-refractivity contribution in [2.24, 2.45) is 5.92 Å². The van der Waals surface area contributed by atoms with Crippen LogP contribution in [0.4, 0.5) is 0 Å². The van der Waals surface area contributed by atoms with Crippen LogP contribution in [0.5, 0.6) is 0 Å². The van der Waals surface area contributed by atoms with Crippen LogP contribution in [0.2, 0.25) is 0 Å². The third-order valence-corrected chi connectivity index (χ3v) is 3.65. The molecule has 118 valence electrons. The maximum absolute atomic E-state index is 11.8. The molecule has 2 rings (SSSR count). The number of carbonyl (C=O) groups excluding carboxylic acids is 2. The lowest BCUT2D eigenvalue weighted by molar-refractivity contribution is -0.128. The van der Waals surface area contributed by atoms with E-state index in [1.165, 1.54) is 6.08 Å². The number of ether oxygens (including phenoxy) is 1. The van der Waals surface area contributed by atoms with Gasteiger partial charge in [0.15, 0.2) is 0 Å². The van der Waals surface area contributed by atoms with E-state index in [1.54, 1.807) is 18.1 Å². The van der Waals surface area contributed by atoms with E-state index in [9.17, 15) is 9.59 Å². The van der Waals surface area contributed by atoms with Crippen LogP contribution < -0.4 is 5.32 Å². The lowest BCUT2D eigenvalue weighted by atomic mass is 10.1. The standard InChI is InChI=1S/C17H22N2O3/c1-22-10-9-19-13-15(11-17(19)21)12-18-16(20)8-7-14-5-3-2-4-6-14/h2-8,15H,9-13H2,1H3,(H,18,20)/b8-7+/t15-/m0/s1. The first-order valence-corrected chi connectivity index (χ1v) is 7.46. The van der Waals surface area contributed by atoms with Gasteiger partial charge in [-0.2, -0.15) is 0 Å². The van der Waals surface area contributed by atoms with Crippen LogP contribution in [0.25, 0.3) is 6.08 Å². The number of hydrogen-bond acceptors (Lipinski definition) is 3. The Hall–Kier alpha value is -2.14. The summed E-state index contributed by atoms with van der Waals surface area (Å²) in [5.41, 5.74) is 0.986. The highest BCUT2D eigenvalue weighted by Gasteiger charge is 2.28. The smallest absolute Gasteiger partial charge is 0.244 e. The number of hydrogen-bond donors (Lipinski definition) is 1. The van der Waals surface area contributed by atoms with Crippen LogP contribution in [0.15, 0.2) is 36.4 Å². The zero-order chi connectivity index (χ0) is 15.8. The first kappa shape index (κ1) is 16.2. The van der Waals surface area contributed by atoms with E-state index in [0.717, 1.165) is 5.56 Å². The molecule has 0 bridgehead atoms. The molecule has 5 heteroatoms. The zero-order valence-electron chi connectivity index (χ0n) is 12.8. The van der Waals surface area contributed by atoms with Gasteiger partial charge in [0.1, 0.15) is 0 Å². The third-order valence-electron chi connectivity index (χ3n) is 3.65. The number of rotatable bonds is 7. The fourth-order valence-electron chi connectivity index (χ4n) is 2.45. The molecule has 0 aromatic heterocycles. The van der Waals surface area contributed by atoms with Gasteiger partial charge in [-0.25, -0.2) is 0 Å². The van der Waals surface area contributed by atoms with Crippen molar-refractivity contribution in [3.63, 3.8) is 0 Å². The number of methoxy groups -OCH3 is 1. The van der Waals surface area contributed by atoms with Crippen molar-refractivity contribution in [1.82, 2.24) is 10.2 Å². The quantitative estimate of drug-likeness (QED) is 0.773. The highest BCUT2D eigenvalue weighted by atomic mass is 16.5. The summed E-state index contributed by atoms with van der Waals surface area (Å²) in [7, 11) is 1.62. The summed E-state index contributed by atoms with van der Waals surface area (Å²) >= 11 is 0. The second-order valence-corrected chi connectivity index (χ2v) is 5.39. The van der Waals surface area contributed by atoms with Crippen molar-refractivity contribution < 1.29 is 14.3 Å². The average molecular weight is 302 g/mol. The molecule has 1 aromatic rings. The number of benzene rings is 1. The summed E-state index contributed by atoms with van der Waals surface area (Å²) in [6, 6.07) is 9.66. The minimum atomic E-state index is -0.133. The maximum Gasteiger partial charge on any atom is 0.244 e. The lowest BCUT2D eigenvalue weighted by Crippen LogP contribution is -2.31. The van der Waals surface area contributed by atoms with Gasteiger partial charge in [0.25, 0.3) is 0 Å². The van der Waals surface area contributed by atoms with Gasteiger partial charge in [-0.15, -0.1) is 0 Å². The van der Waals surface area contributed by atoms with E-state index in [1.807, 2.05) is 30.3 Å². The second kappa shape index (κ2) is 8.34. The lowest BCUT2D eigenvalue weighted by Gasteiger charge is -2.15. The molecule has 1 fully saturated rings. The van der Waals surface area contributed by atoms with E-state index < -0.39 is 0 Å². The number of nitrogens with zero attached hydrogens (tertiary/aromatic N) is 1. The van der Waals surface area contributed by atoms with Crippen molar-refractivity contribution in [2.45, 2.75) is 6.42 Å². The highest BCUT2D eigenvalue weighted by molar-refractivity contribution is 5.91. The Morgan fingerprint density at radius 1 is 1.41 bits per heavy atom. The van der Waals surface area contributed by atoms with Crippen molar-refractivity contribution >= 4 is 17.9 Å². The molecule has 5 nitrogen and oxygen atoms in total. The van der Waals surface area contributed by atoms with E-state index in [2.05, 4.69) is 5.32 Å². The van der Waals surface area contributed by atoms with E-state index in [0.29, 0.717) is 32.7 Å². The predicted molar refractivity (Wildman–Crippen MR) is 85.0 cm³/mol. The van der Waals surface area contributed by atoms with Gasteiger partial charge in [0.05, 0.1) is 6.61 Å². The van der Waals surface area contributed by atoms with Crippen LogP contribution in [0.1, 0.15) is 12.0 Å². The number of carbonyl (C=O) groups is 2. The summed E-state index contributed by atoms with van der Waals surface area (Å²) in [5.74, 6) is 0.182. The molecule has 1 N–H and O–H groups in total. The fourth-order valence-corrected chi connectivity index (χ4v) is 2.45. The van der Waals surface area contributed by atoms with Crippen LogP contribution in [0.3, 0.4) is 0 Å². The Morgan fingerprint density at radius 2 is 2.18 bits per heavy atom. The first-order valence-electron chi connectivity index (χ1n) is 7.46. The minimum absolute atomic E-state index is 0.133. The third kappa shape index (κ3) is 5.00. The van der Waals surface area contributed by atoms with E-state index >= 15 is 0 Å². The molecule has 0 aliphatic carbocycles. The van der Waals surface area contributed by atoms with Crippen LogP contribution in [-0.4, -0.2) is 50.1 Å². The Morgan fingerprint density at radius 3 is 2.91 bits per heavy atom. The minimum Gasteiger partial charge on any atom is -0.383 e. The first-order chi connectivity index (χ1) is 10.7. The van der Waals surface area contributed by atoms with E-state index in [4.69, 9.17) is 4.74 Å². The molecular formula is C17H22N2O3. The van der Waals surface area contributed by atoms with Crippen LogP contribution in [-0.2, 0) is 14.3 Å². The van der Waals surface area contributed by atoms with Gasteiger partial charge >= 0.3 is 0 Å². The normalized spacial score (nSPS) is 18.1. The van der Waals surface area contributed by atoms with Crippen molar-refractivity contribution in [3.8, 4) is 0 Å². The van der Waals surface area contributed by atoms with Gasteiger partial charge < -0.3 is 15.0 Å². The van der Waals surface area contributed by atoms with Gasteiger partial charge in [-0.3, -0.25) is 9.59 Å². The summed E-state index contributed by atoms with van der Waals surface area (Å²) in [5, 5.41) is 2.86. The zero-order valence-corrected chi connectivity index (χ0v) is 12.8. The second-order valence-electron chi connectivity index (χ2n) is 5.39. The topological polar surface area (TPSA) is 58.6 Å². The van der Waals surface area contributed by atoms with Gasteiger partial charge in [0.2, 0.25) is 11.8 Å². The molecule has 0 radical (unpaired) electrons. The number of amides is 2. The molecule has 0 saturated carbocycles. The molecule has 22 heavy (non-hydrogen) atoms. The van der Waals surface area contributed by atoms with E-state index in [-0.39, 0.29) is 17.7 Å². The molecule has 2 amide bonds. The highest BCUT2D eigenvalue weighted by Crippen LogP contribution is 2.16. The molecule has 1 atom stereocenters. The largest absolute Gasteiger partial charge is 0.383 e. The Labute approximate surface area is 130 Å². The number of likely N-dealkylation sites (tertiary alicyclic amines) is 1. The molecule has 0 unspecified atom stereocenters. The average Bonchev–Trinajstić information content (AvgIpc) is 2.90. The van der Waals surface area contributed by atoms with Gasteiger partial charge in [-0.05, 0) is 11.6 Å². The van der Waals surface area contributed by atoms with Crippen molar-refractivity contribution in [2.75, 3.05) is 33.4 Å². The summed E-state index contributed by atoms with van der Waals surface area (Å²) in [4.78, 5) is 25.4. The summed E-state index contributed by atoms with van der Waals surface area (Å²) in [6.45, 7) is 2.37. The Balaban J connectivity index is 1.73. The summed E-state index contributed by atoms with van der Waals surface area (Å²) in [6.07, 6.45) is 3.79. The van der Waals surface area contributed by atoms with Crippen molar-refractivity contribution in [3.05, 3.63) is 42.0 Å². The molecular weight excluding hydrogens is 280 g/mol. The SMILES string of the molecule is COCCN1C[C@H](CNC(=O)/C=C/c2ccccc2)CC1=O. The maximum atomic E-state index is 11.8. The molecule has 1 aromatic carbocycles. The Bertz CT molecular complexity index is 528. The van der Waals surface area contributed by atoms with Gasteiger partial charge in [-0.1, -0.05) is 30.3 Å². The van der Waals surface area contributed by atoms with Gasteiger partial charge in [0, 0.05) is 45.2 Å². The predicted octanol–water partition coefficient (Wildman–Crippen LogP) is 1.31. The van der Waals surface area contributed by atoms with Crippen molar-refractivity contribution in [1.29, 1.82) is 0 Å².